The first-order valence-corrected chi connectivity index (χ1v) is 7.35. The molecule has 0 atom stereocenters. The third-order valence-corrected chi connectivity index (χ3v) is 3.56. The third-order valence-electron chi connectivity index (χ3n) is 2.53. The van der Waals surface area contributed by atoms with E-state index in [4.69, 9.17) is 4.74 Å². The number of rotatable bonds is 6. The second-order valence-corrected chi connectivity index (χ2v) is 5.45. The number of hydrogen-bond acceptors (Lipinski definition) is 2. The zero-order valence-corrected chi connectivity index (χ0v) is 13.1. The van der Waals surface area contributed by atoms with Crippen LogP contribution in [0.1, 0.15) is 45.1 Å². The van der Waals surface area contributed by atoms with Crippen molar-refractivity contribution in [1.29, 1.82) is 0 Å². The summed E-state index contributed by atoms with van der Waals surface area (Å²) in [5.41, 5.74) is 0.966. The molecule has 0 spiro atoms. The van der Waals surface area contributed by atoms with E-state index in [1.807, 2.05) is 30.3 Å². The van der Waals surface area contributed by atoms with E-state index in [1.165, 1.54) is 19.8 Å². The highest BCUT2D eigenvalue weighted by atomic mass is 127. The average molecular weight is 358 g/mol. The van der Waals surface area contributed by atoms with Gasteiger partial charge in [-0.1, -0.05) is 50.1 Å². The molecule has 0 aromatic heterocycles. The van der Waals surface area contributed by atoms with E-state index in [9.17, 15) is 4.79 Å². The molecule has 0 aliphatic heterocycles. The molecule has 1 aromatic rings. The Morgan fingerprint density at radius 3 is 2.44 bits per heavy atom. The Morgan fingerprint density at radius 1 is 1.22 bits per heavy atom. The topological polar surface area (TPSA) is 26.3 Å². The van der Waals surface area contributed by atoms with Crippen LogP contribution in [0.5, 0.6) is 0 Å². The summed E-state index contributed by atoms with van der Waals surface area (Å²) in [6.45, 7) is 3.62. The summed E-state index contributed by atoms with van der Waals surface area (Å²) >= 11 is 2.28. The summed E-state index contributed by atoms with van der Waals surface area (Å²) in [6, 6.07) is 9.80. The van der Waals surface area contributed by atoms with Gasteiger partial charge in [-0.3, -0.25) is 4.79 Å². The van der Waals surface area contributed by atoms with Gasteiger partial charge in [0.15, 0.2) is 0 Å². The molecule has 0 N–H and O–H groups in total. The van der Waals surface area contributed by atoms with Gasteiger partial charge in [0, 0.05) is 16.1 Å². The van der Waals surface area contributed by atoms with Gasteiger partial charge in [0.05, 0.1) is 0 Å². The van der Waals surface area contributed by atoms with Crippen molar-refractivity contribution < 1.29 is 9.53 Å². The minimum Gasteiger partial charge on any atom is -0.425 e. The number of carbonyl (C=O) groups is 1. The summed E-state index contributed by atoms with van der Waals surface area (Å²) in [6.07, 6.45) is 4.49. The summed E-state index contributed by atoms with van der Waals surface area (Å²) in [5.74, 6) is 0.443. The SMILES string of the molecule is CCCCC/C(I)=C(\OC(C)=O)c1ccccc1. The predicted octanol–water partition coefficient (Wildman–Crippen LogP) is 4.93. The Balaban J connectivity index is 2.89. The van der Waals surface area contributed by atoms with Crippen LogP contribution in [0.2, 0.25) is 0 Å². The molecule has 3 heteroatoms. The highest BCUT2D eigenvalue weighted by Crippen LogP contribution is 2.28. The zero-order chi connectivity index (χ0) is 13.4. The number of halogens is 1. The van der Waals surface area contributed by atoms with Crippen molar-refractivity contribution in [1.82, 2.24) is 0 Å². The van der Waals surface area contributed by atoms with Gasteiger partial charge >= 0.3 is 5.97 Å². The summed E-state index contributed by atoms with van der Waals surface area (Å²) in [4.78, 5) is 11.2. The highest BCUT2D eigenvalue weighted by Gasteiger charge is 2.10. The van der Waals surface area contributed by atoms with Crippen LogP contribution in [-0.2, 0) is 9.53 Å². The minimum atomic E-state index is -0.265. The number of benzene rings is 1. The first kappa shape index (κ1) is 15.2. The molecule has 18 heavy (non-hydrogen) atoms. The van der Waals surface area contributed by atoms with Crippen molar-refractivity contribution in [2.24, 2.45) is 0 Å². The maximum atomic E-state index is 11.2. The smallest absolute Gasteiger partial charge is 0.308 e. The molecule has 0 bridgehead atoms. The molecular formula is C15H19IO2. The molecule has 0 saturated heterocycles. The van der Waals surface area contributed by atoms with E-state index >= 15 is 0 Å². The Labute approximate surface area is 123 Å². The summed E-state index contributed by atoms with van der Waals surface area (Å²) in [7, 11) is 0. The molecule has 2 nitrogen and oxygen atoms in total. The van der Waals surface area contributed by atoms with Crippen molar-refractivity contribution >= 4 is 34.3 Å². The van der Waals surface area contributed by atoms with E-state index in [-0.39, 0.29) is 5.97 Å². The lowest BCUT2D eigenvalue weighted by Crippen LogP contribution is -2.00. The van der Waals surface area contributed by atoms with Gasteiger partial charge in [-0.2, -0.15) is 0 Å². The largest absolute Gasteiger partial charge is 0.425 e. The van der Waals surface area contributed by atoms with Crippen molar-refractivity contribution in [2.75, 3.05) is 0 Å². The van der Waals surface area contributed by atoms with Crippen molar-refractivity contribution in [2.45, 2.75) is 39.5 Å². The van der Waals surface area contributed by atoms with Crippen LogP contribution in [0.3, 0.4) is 0 Å². The number of esters is 1. The van der Waals surface area contributed by atoms with Crippen LogP contribution in [0, 0.1) is 0 Å². The fraction of sp³-hybridized carbons (Fsp3) is 0.400. The molecule has 0 radical (unpaired) electrons. The first-order chi connectivity index (χ1) is 8.65. The Morgan fingerprint density at radius 2 is 1.89 bits per heavy atom. The summed E-state index contributed by atoms with van der Waals surface area (Å²) in [5, 5.41) is 0. The molecule has 0 amide bonds. The van der Waals surface area contributed by atoms with Crippen LogP contribution in [0.15, 0.2) is 33.9 Å². The van der Waals surface area contributed by atoms with Crippen LogP contribution < -0.4 is 0 Å². The van der Waals surface area contributed by atoms with Gasteiger partial charge in [0.1, 0.15) is 5.76 Å². The molecule has 0 aliphatic rings. The number of unbranched alkanes of at least 4 members (excludes halogenated alkanes) is 2. The van der Waals surface area contributed by atoms with E-state index in [0.717, 1.165) is 22.0 Å². The molecule has 0 aliphatic carbocycles. The van der Waals surface area contributed by atoms with E-state index in [1.54, 1.807) is 0 Å². The lowest BCUT2D eigenvalue weighted by molar-refractivity contribution is -0.134. The second kappa shape index (κ2) is 8.29. The van der Waals surface area contributed by atoms with Gasteiger partial charge in [-0.15, -0.1) is 0 Å². The van der Waals surface area contributed by atoms with Crippen LogP contribution in [-0.4, -0.2) is 5.97 Å². The van der Waals surface area contributed by atoms with Crippen LogP contribution >= 0.6 is 22.6 Å². The zero-order valence-electron chi connectivity index (χ0n) is 10.9. The molecular weight excluding hydrogens is 339 g/mol. The molecule has 1 rings (SSSR count). The predicted molar refractivity (Wildman–Crippen MR) is 83.3 cm³/mol. The second-order valence-electron chi connectivity index (χ2n) is 4.15. The quantitative estimate of drug-likeness (QED) is 0.312. The highest BCUT2D eigenvalue weighted by molar-refractivity contribution is 14.1. The standard InChI is InChI=1S/C15H19IO2/c1-3-4-6-11-14(16)15(18-12(2)17)13-9-7-5-8-10-13/h5,7-10H,3-4,6,11H2,1-2H3/b15-14+. The minimum absolute atomic E-state index is 0.265. The number of allylic oxidation sites excluding steroid dienone is 1. The monoisotopic (exact) mass is 358 g/mol. The number of hydrogen-bond donors (Lipinski definition) is 0. The fourth-order valence-electron chi connectivity index (χ4n) is 1.65. The van der Waals surface area contributed by atoms with Crippen molar-refractivity contribution in [3.63, 3.8) is 0 Å². The van der Waals surface area contributed by atoms with Crippen LogP contribution in [0.25, 0.3) is 5.76 Å². The maximum absolute atomic E-state index is 11.2. The lowest BCUT2D eigenvalue weighted by atomic mass is 10.1. The molecule has 0 heterocycles. The van der Waals surface area contributed by atoms with Crippen molar-refractivity contribution in [3.05, 3.63) is 39.5 Å². The van der Waals surface area contributed by atoms with Gasteiger partial charge in [0.25, 0.3) is 0 Å². The first-order valence-electron chi connectivity index (χ1n) is 6.27. The molecule has 0 fully saturated rings. The normalized spacial score (nSPS) is 11.9. The Hall–Kier alpha value is -0.840. The average Bonchev–Trinajstić information content (AvgIpc) is 2.37. The molecule has 0 saturated carbocycles. The third kappa shape index (κ3) is 5.21. The van der Waals surface area contributed by atoms with E-state index < -0.39 is 0 Å². The maximum Gasteiger partial charge on any atom is 0.308 e. The molecule has 1 aromatic carbocycles. The van der Waals surface area contributed by atoms with Gasteiger partial charge < -0.3 is 4.74 Å². The van der Waals surface area contributed by atoms with Gasteiger partial charge in [-0.05, 0) is 35.4 Å². The van der Waals surface area contributed by atoms with Gasteiger partial charge in [-0.25, -0.2) is 0 Å². The van der Waals surface area contributed by atoms with Gasteiger partial charge in [0.2, 0.25) is 0 Å². The lowest BCUT2D eigenvalue weighted by Gasteiger charge is -2.10. The van der Waals surface area contributed by atoms with Crippen LogP contribution in [0.4, 0.5) is 0 Å². The fourth-order valence-corrected chi connectivity index (χ4v) is 2.45. The number of carbonyl (C=O) groups excluding carboxylic acids is 1. The van der Waals surface area contributed by atoms with Crippen molar-refractivity contribution in [3.8, 4) is 0 Å². The molecule has 0 unspecified atom stereocenters. The van der Waals surface area contributed by atoms with E-state index in [0.29, 0.717) is 5.76 Å². The summed E-state index contributed by atoms with van der Waals surface area (Å²) < 4.78 is 6.48. The molecule has 98 valence electrons. The Bertz CT molecular complexity index is 410. The van der Waals surface area contributed by atoms with E-state index in [2.05, 4.69) is 29.5 Å². The number of ether oxygens (including phenoxy) is 1. The Kier molecular flexibility index (Phi) is 7.01.